The van der Waals surface area contributed by atoms with Crippen LogP contribution in [0.15, 0.2) is 53.0 Å². The average Bonchev–Trinajstić information content (AvgIpc) is 2.47. The number of carboxylic acid groups (broad SMARTS) is 1. The molecule has 2 aromatic rings. The quantitative estimate of drug-likeness (QED) is 0.753. The third-order valence-corrected chi connectivity index (χ3v) is 3.37. The Hall–Kier alpha value is -1.85. The van der Waals surface area contributed by atoms with Gasteiger partial charge in [-0.3, -0.25) is 0 Å². The van der Waals surface area contributed by atoms with E-state index in [0.29, 0.717) is 18.9 Å². The second kappa shape index (κ2) is 7.81. The predicted octanol–water partition coefficient (Wildman–Crippen LogP) is 3.32. The molecule has 0 aliphatic heterocycles. The van der Waals surface area contributed by atoms with Crippen LogP contribution in [0.2, 0.25) is 0 Å². The lowest BCUT2D eigenvalue weighted by molar-refractivity contribution is 0.0692. The van der Waals surface area contributed by atoms with Gasteiger partial charge in [0.2, 0.25) is 0 Å². The van der Waals surface area contributed by atoms with Crippen LogP contribution >= 0.6 is 15.9 Å². The minimum absolute atomic E-state index is 0.185. The van der Waals surface area contributed by atoms with Gasteiger partial charge < -0.3 is 15.2 Å². The number of halogens is 1. The summed E-state index contributed by atoms with van der Waals surface area (Å²) < 4.78 is 6.56. The molecule has 0 atom stereocenters. The normalized spacial score (nSPS) is 10.3. The van der Waals surface area contributed by atoms with Crippen molar-refractivity contribution in [2.75, 3.05) is 13.2 Å². The van der Waals surface area contributed by atoms with Crippen LogP contribution in [0.4, 0.5) is 0 Å². The molecule has 2 rings (SSSR count). The van der Waals surface area contributed by atoms with Gasteiger partial charge in [-0.2, -0.15) is 0 Å². The lowest BCUT2D eigenvalue weighted by Gasteiger charge is -2.10. The first-order valence-corrected chi connectivity index (χ1v) is 7.36. The molecule has 5 heteroatoms. The Bertz CT molecular complexity index is 616. The Balaban J connectivity index is 1.76. The van der Waals surface area contributed by atoms with Crippen molar-refractivity contribution < 1.29 is 14.6 Å². The SMILES string of the molecule is O=C(O)c1ccccc1OCCNCc1cccc(Br)c1. The number of hydrogen-bond donors (Lipinski definition) is 2. The van der Waals surface area contributed by atoms with E-state index >= 15 is 0 Å². The highest BCUT2D eigenvalue weighted by Crippen LogP contribution is 2.17. The third kappa shape index (κ3) is 4.88. The number of carbonyl (C=O) groups is 1. The summed E-state index contributed by atoms with van der Waals surface area (Å²) in [5.41, 5.74) is 1.36. The van der Waals surface area contributed by atoms with E-state index in [9.17, 15) is 4.79 Å². The Kier molecular flexibility index (Phi) is 5.78. The Morgan fingerprint density at radius 2 is 2.00 bits per heavy atom. The number of hydrogen-bond acceptors (Lipinski definition) is 3. The van der Waals surface area contributed by atoms with E-state index in [-0.39, 0.29) is 5.56 Å². The zero-order valence-corrected chi connectivity index (χ0v) is 13.0. The van der Waals surface area contributed by atoms with Crippen molar-refractivity contribution in [2.45, 2.75) is 6.54 Å². The van der Waals surface area contributed by atoms with Crippen molar-refractivity contribution in [1.29, 1.82) is 0 Å². The minimum Gasteiger partial charge on any atom is -0.491 e. The van der Waals surface area contributed by atoms with Crippen LogP contribution in [0, 0.1) is 0 Å². The van der Waals surface area contributed by atoms with Gasteiger partial charge in [0.1, 0.15) is 17.9 Å². The largest absolute Gasteiger partial charge is 0.491 e. The molecule has 0 radical (unpaired) electrons. The molecule has 0 aromatic heterocycles. The van der Waals surface area contributed by atoms with Gasteiger partial charge in [0.05, 0.1) is 0 Å². The highest BCUT2D eigenvalue weighted by molar-refractivity contribution is 9.10. The monoisotopic (exact) mass is 349 g/mol. The first kappa shape index (κ1) is 15.5. The van der Waals surface area contributed by atoms with Crippen molar-refractivity contribution in [3.63, 3.8) is 0 Å². The Labute approximate surface area is 131 Å². The Morgan fingerprint density at radius 3 is 2.76 bits per heavy atom. The van der Waals surface area contributed by atoms with Gasteiger partial charge in [-0.05, 0) is 29.8 Å². The maximum absolute atomic E-state index is 11.0. The minimum atomic E-state index is -0.979. The van der Waals surface area contributed by atoms with Crippen LogP contribution in [0.5, 0.6) is 5.75 Å². The molecule has 0 aliphatic rings. The molecular formula is C16H16BrNO3. The molecule has 0 saturated carbocycles. The van der Waals surface area contributed by atoms with E-state index in [4.69, 9.17) is 9.84 Å². The summed E-state index contributed by atoms with van der Waals surface area (Å²) in [5, 5.41) is 12.3. The second-order valence-electron chi connectivity index (χ2n) is 4.46. The summed E-state index contributed by atoms with van der Waals surface area (Å²) in [5.74, 6) is -0.582. The molecule has 0 heterocycles. The fraction of sp³-hybridized carbons (Fsp3) is 0.188. The van der Waals surface area contributed by atoms with Gasteiger partial charge in [0.25, 0.3) is 0 Å². The molecule has 0 unspecified atom stereocenters. The highest BCUT2D eigenvalue weighted by Gasteiger charge is 2.09. The topological polar surface area (TPSA) is 58.6 Å². The lowest BCUT2D eigenvalue weighted by Crippen LogP contribution is -2.21. The maximum Gasteiger partial charge on any atom is 0.339 e. The van der Waals surface area contributed by atoms with E-state index in [0.717, 1.165) is 11.0 Å². The van der Waals surface area contributed by atoms with Crippen LogP contribution in [-0.4, -0.2) is 24.2 Å². The van der Waals surface area contributed by atoms with Crippen molar-refractivity contribution >= 4 is 21.9 Å². The van der Waals surface area contributed by atoms with Crippen molar-refractivity contribution in [1.82, 2.24) is 5.32 Å². The first-order valence-electron chi connectivity index (χ1n) is 6.57. The molecular weight excluding hydrogens is 334 g/mol. The van der Waals surface area contributed by atoms with Gasteiger partial charge in [-0.25, -0.2) is 4.79 Å². The molecule has 0 amide bonds. The predicted molar refractivity (Wildman–Crippen MR) is 84.7 cm³/mol. The van der Waals surface area contributed by atoms with Gasteiger partial charge in [-0.15, -0.1) is 0 Å². The number of rotatable bonds is 7. The first-order chi connectivity index (χ1) is 10.2. The number of carboxylic acids is 1. The summed E-state index contributed by atoms with van der Waals surface area (Å²) >= 11 is 3.43. The maximum atomic E-state index is 11.0. The molecule has 21 heavy (non-hydrogen) atoms. The van der Waals surface area contributed by atoms with Crippen molar-refractivity contribution in [3.05, 3.63) is 64.1 Å². The molecule has 0 fully saturated rings. The fourth-order valence-electron chi connectivity index (χ4n) is 1.88. The Morgan fingerprint density at radius 1 is 1.19 bits per heavy atom. The van der Waals surface area contributed by atoms with Gasteiger partial charge in [0.15, 0.2) is 0 Å². The molecule has 2 aromatic carbocycles. The van der Waals surface area contributed by atoms with Crippen LogP contribution < -0.4 is 10.1 Å². The van der Waals surface area contributed by atoms with E-state index in [1.54, 1.807) is 18.2 Å². The van der Waals surface area contributed by atoms with Crippen molar-refractivity contribution in [2.24, 2.45) is 0 Å². The highest BCUT2D eigenvalue weighted by atomic mass is 79.9. The molecule has 0 bridgehead atoms. The van der Waals surface area contributed by atoms with Crippen molar-refractivity contribution in [3.8, 4) is 5.75 Å². The standard InChI is InChI=1S/C16H16BrNO3/c17-13-5-3-4-12(10-13)11-18-8-9-21-15-7-2-1-6-14(15)16(19)20/h1-7,10,18H,8-9,11H2,(H,19,20). The van der Waals surface area contributed by atoms with E-state index in [2.05, 4.69) is 21.2 Å². The van der Waals surface area contributed by atoms with Gasteiger partial charge >= 0.3 is 5.97 Å². The number of nitrogens with one attached hydrogen (secondary N) is 1. The van der Waals surface area contributed by atoms with E-state index in [1.807, 2.05) is 24.3 Å². The van der Waals surface area contributed by atoms with Crippen LogP contribution in [-0.2, 0) is 6.54 Å². The van der Waals surface area contributed by atoms with Crippen LogP contribution in [0.3, 0.4) is 0 Å². The zero-order chi connectivity index (χ0) is 15.1. The molecule has 0 spiro atoms. The van der Waals surface area contributed by atoms with E-state index < -0.39 is 5.97 Å². The summed E-state index contributed by atoms with van der Waals surface area (Å²) in [6.07, 6.45) is 0. The number of benzene rings is 2. The summed E-state index contributed by atoms with van der Waals surface area (Å²) in [7, 11) is 0. The van der Waals surface area contributed by atoms with Gasteiger partial charge in [-0.1, -0.05) is 40.2 Å². The average molecular weight is 350 g/mol. The fourth-order valence-corrected chi connectivity index (χ4v) is 2.33. The smallest absolute Gasteiger partial charge is 0.339 e. The zero-order valence-electron chi connectivity index (χ0n) is 11.4. The molecule has 0 saturated heterocycles. The molecule has 0 aliphatic carbocycles. The third-order valence-electron chi connectivity index (χ3n) is 2.87. The summed E-state index contributed by atoms with van der Waals surface area (Å²) in [6.45, 7) is 1.79. The molecule has 2 N–H and O–H groups in total. The van der Waals surface area contributed by atoms with Crippen LogP contribution in [0.25, 0.3) is 0 Å². The summed E-state index contributed by atoms with van der Waals surface area (Å²) in [6, 6.07) is 14.7. The van der Waals surface area contributed by atoms with Gasteiger partial charge in [0, 0.05) is 17.6 Å². The molecule has 4 nitrogen and oxygen atoms in total. The van der Waals surface area contributed by atoms with E-state index in [1.165, 1.54) is 11.6 Å². The van der Waals surface area contributed by atoms with Crippen LogP contribution in [0.1, 0.15) is 15.9 Å². The number of aromatic carboxylic acids is 1. The lowest BCUT2D eigenvalue weighted by atomic mass is 10.2. The number of ether oxygens (including phenoxy) is 1. The number of para-hydroxylation sites is 1. The second-order valence-corrected chi connectivity index (χ2v) is 5.37. The molecule has 110 valence electrons. The summed E-state index contributed by atoms with van der Waals surface area (Å²) in [4.78, 5) is 11.0.